The molecule has 176 valence electrons. The van der Waals surface area contributed by atoms with Crippen molar-refractivity contribution >= 4 is 12.4 Å². The number of amides is 1. The summed E-state index contributed by atoms with van der Waals surface area (Å²) >= 11 is 0. The first-order valence-corrected chi connectivity index (χ1v) is 12.8. The summed E-state index contributed by atoms with van der Waals surface area (Å²) in [5.74, 6) is 0.280. The molecule has 4 aliphatic rings. The van der Waals surface area contributed by atoms with Crippen LogP contribution >= 0.6 is 0 Å². The fraction of sp³-hybridized carbons (Fsp3) is 0.917. The van der Waals surface area contributed by atoms with Crippen molar-refractivity contribution in [2.75, 3.05) is 39.3 Å². The minimum absolute atomic E-state index is 0.0986. The summed E-state index contributed by atoms with van der Waals surface area (Å²) < 4.78 is 6.19. The molecule has 0 aromatic carbocycles. The van der Waals surface area contributed by atoms with Crippen LogP contribution in [-0.4, -0.2) is 79.3 Å². The van der Waals surface area contributed by atoms with Crippen LogP contribution in [0.3, 0.4) is 0 Å². The Hall–Kier alpha value is -1.18. The number of hydrogen-bond acceptors (Lipinski definition) is 6. The summed E-state index contributed by atoms with van der Waals surface area (Å²) in [4.78, 5) is 30.0. The molecule has 7 nitrogen and oxygen atoms in total. The lowest BCUT2D eigenvalue weighted by Gasteiger charge is -2.46. The average molecular weight is 435 g/mol. The maximum Gasteiger partial charge on any atom is 0.325 e. The molecular formula is C24H42N4O3. The molecule has 31 heavy (non-hydrogen) atoms. The van der Waals surface area contributed by atoms with E-state index in [2.05, 4.69) is 20.4 Å². The van der Waals surface area contributed by atoms with Crippen LogP contribution < -0.4 is 10.6 Å². The van der Waals surface area contributed by atoms with Crippen LogP contribution in [0.15, 0.2) is 0 Å². The number of nitrogens with one attached hydrogen (secondary N) is 2. The summed E-state index contributed by atoms with van der Waals surface area (Å²) in [6.07, 6.45) is 13.7. The van der Waals surface area contributed by atoms with Crippen LogP contribution in [0, 0.1) is 5.92 Å². The fourth-order valence-corrected chi connectivity index (χ4v) is 6.40. The lowest BCUT2D eigenvalue weighted by molar-refractivity contribution is -0.178. The molecule has 2 saturated heterocycles. The molecule has 7 heteroatoms. The van der Waals surface area contributed by atoms with Crippen molar-refractivity contribution in [2.24, 2.45) is 5.92 Å². The first-order valence-electron chi connectivity index (χ1n) is 12.8. The largest absolute Gasteiger partial charge is 0.438 e. The van der Waals surface area contributed by atoms with E-state index in [9.17, 15) is 9.59 Å². The van der Waals surface area contributed by atoms with Gasteiger partial charge in [0.2, 0.25) is 6.41 Å². The van der Waals surface area contributed by atoms with E-state index < -0.39 is 5.72 Å². The van der Waals surface area contributed by atoms with Crippen molar-refractivity contribution in [2.45, 2.75) is 94.9 Å². The van der Waals surface area contributed by atoms with E-state index in [-0.39, 0.29) is 12.0 Å². The highest BCUT2D eigenvalue weighted by Crippen LogP contribution is 2.34. The van der Waals surface area contributed by atoms with E-state index >= 15 is 0 Å². The van der Waals surface area contributed by atoms with Crippen LogP contribution in [0.5, 0.6) is 0 Å². The van der Waals surface area contributed by atoms with E-state index in [1.807, 2.05) is 0 Å². The molecule has 1 atom stereocenters. The second-order valence-corrected chi connectivity index (χ2v) is 10.1. The zero-order valence-electron chi connectivity index (χ0n) is 19.2. The van der Waals surface area contributed by atoms with Crippen molar-refractivity contribution in [3.63, 3.8) is 0 Å². The van der Waals surface area contributed by atoms with Crippen LogP contribution in [0.1, 0.15) is 77.0 Å². The Morgan fingerprint density at radius 1 is 0.935 bits per heavy atom. The Morgan fingerprint density at radius 3 is 2.23 bits per heavy atom. The van der Waals surface area contributed by atoms with Gasteiger partial charge in [-0.15, -0.1) is 0 Å². The zero-order chi connectivity index (χ0) is 21.5. The van der Waals surface area contributed by atoms with Gasteiger partial charge in [-0.3, -0.25) is 19.4 Å². The van der Waals surface area contributed by atoms with Gasteiger partial charge < -0.3 is 15.4 Å². The third kappa shape index (κ3) is 5.79. The molecule has 2 aliphatic heterocycles. The lowest BCUT2D eigenvalue weighted by Crippen LogP contribution is -2.60. The quantitative estimate of drug-likeness (QED) is 0.364. The van der Waals surface area contributed by atoms with Gasteiger partial charge in [0.25, 0.3) is 0 Å². The molecule has 2 N–H and O–H groups in total. The molecule has 1 unspecified atom stereocenters. The Kier molecular flexibility index (Phi) is 8.24. The molecule has 0 aromatic heterocycles. The van der Waals surface area contributed by atoms with Crippen LogP contribution in [0.2, 0.25) is 0 Å². The average Bonchev–Trinajstić information content (AvgIpc) is 2.82. The number of carbonyl (C=O) groups excluding carboxylic acids is 2. The molecule has 0 radical (unpaired) electrons. The first-order chi connectivity index (χ1) is 15.2. The van der Waals surface area contributed by atoms with Gasteiger partial charge in [-0.1, -0.05) is 25.7 Å². The normalized spacial score (nSPS) is 28.0. The Morgan fingerprint density at radius 2 is 1.58 bits per heavy atom. The summed E-state index contributed by atoms with van der Waals surface area (Å²) in [6, 6.07) is 0.522. The molecule has 0 spiro atoms. The molecule has 2 saturated carbocycles. The van der Waals surface area contributed by atoms with Gasteiger partial charge in [-0.2, -0.15) is 0 Å². The molecule has 0 bridgehead atoms. The number of piperidine rings is 1. The van der Waals surface area contributed by atoms with Crippen molar-refractivity contribution in [3.05, 3.63) is 0 Å². The van der Waals surface area contributed by atoms with Gasteiger partial charge in [-0.25, -0.2) is 0 Å². The van der Waals surface area contributed by atoms with E-state index in [1.165, 1.54) is 32.1 Å². The van der Waals surface area contributed by atoms with E-state index in [0.29, 0.717) is 18.4 Å². The van der Waals surface area contributed by atoms with Crippen molar-refractivity contribution < 1.29 is 14.3 Å². The summed E-state index contributed by atoms with van der Waals surface area (Å²) in [6.45, 7) is 6.20. The smallest absolute Gasteiger partial charge is 0.325 e. The van der Waals surface area contributed by atoms with Gasteiger partial charge in [-0.05, 0) is 57.5 Å². The second kappa shape index (κ2) is 11.1. The Balaban J connectivity index is 1.43. The van der Waals surface area contributed by atoms with E-state index in [0.717, 1.165) is 84.2 Å². The van der Waals surface area contributed by atoms with Gasteiger partial charge in [0.15, 0.2) is 5.72 Å². The topological polar surface area (TPSA) is 73.9 Å². The van der Waals surface area contributed by atoms with Gasteiger partial charge >= 0.3 is 5.97 Å². The highest BCUT2D eigenvalue weighted by Gasteiger charge is 2.43. The van der Waals surface area contributed by atoms with Gasteiger partial charge in [0.05, 0.1) is 0 Å². The SMILES string of the molecule is O=CNC1(OC(=O)C(C2CCCCC2)N2CCN(C3CCNCC3)CC2)CCCCC1. The number of ether oxygens (including phenoxy) is 1. The highest BCUT2D eigenvalue weighted by atomic mass is 16.6. The van der Waals surface area contributed by atoms with Crippen LogP contribution in [-0.2, 0) is 14.3 Å². The standard InChI is InChI=1S/C24H42N4O3/c29-19-26-24(11-5-2-6-12-24)31-23(30)22(20-7-3-1-4-8-20)28-17-15-27(16-18-28)21-9-13-25-14-10-21/h19-22,25H,1-18H2,(H,26,29). The lowest BCUT2D eigenvalue weighted by atomic mass is 9.82. The minimum atomic E-state index is -0.791. The third-order valence-electron chi connectivity index (χ3n) is 8.18. The number of esters is 1. The molecular weight excluding hydrogens is 392 g/mol. The number of piperazine rings is 1. The number of nitrogens with zero attached hydrogens (tertiary/aromatic N) is 2. The summed E-state index contributed by atoms with van der Waals surface area (Å²) in [7, 11) is 0. The van der Waals surface area contributed by atoms with Gasteiger partial charge in [0.1, 0.15) is 6.04 Å². The van der Waals surface area contributed by atoms with E-state index in [1.54, 1.807) is 0 Å². The van der Waals surface area contributed by atoms with Crippen molar-refractivity contribution in [1.29, 1.82) is 0 Å². The minimum Gasteiger partial charge on any atom is -0.438 e. The molecule has 2 heterocycles. The monoisotopic (exact) mass is 434 g/mol. The Bertz CT molecular complexity index is 575. The first kappa shape index (κ1) is 23.0. The highest BCUT2D eigenvalue weighted by molar-refractivity contribution is 5.77. The van der Waals surface area contributed by atoms with Crippen LogP contribution in [0.25, 0.3) is 0 Å². The molecule has 4 fully saturated rings. The fourth-order valence-electron chi connectivity index (χ4n) is 6.40. The Labute approximate surface area is 187 Å². The maximum absolute atomic E-state index is 13.6. The predicted octanol–water partition coefficient (Wildman–Crippen LogP) is 2.25. The number of rotatable bonds is 7. The number of hydrogen-bond donors (Lipinski definition) is 2. The summed E-state index contributed by atoms with van der Waals surface area (Å²) in [5, 5.41) is 6.35. The van der Waals surface area contributed by atoms with Gasteiger partial charge in [0, 0.05) is 45.1 Å². The summed E-state index contributed by atoms with van der Waals surface area (Å²) in [5.41, 5.74) is -0.791. The zero-order valence-corrected chi connectivity index (χ0v) is 19.2. The molecule has 1 amide bonds. The van der Waals surface area contributed by atoms with E-state index in [4.69, 9.17) is 4.74 Å². The number of carbonyl (C=O) groups is 2. The predicted molar refractivity (Wildman–Crippen MR) is 121 cm³/mol. The maximum atomic E-state index is 13.6. The second-order valence-electron chi connectivity index (χ2n) is 10.1. The third-order valence-corrected chi connectivity index (χ3v) is 8.18. The van der Waals surface area contributed by atoms with Crippen molar-refractivity contribution in [1.82, 2.24) is 20.4 Å². The molecule has 2 aliphatic carbocycles. The molecule has 4 rings (SSSR count). The molecule has 0 aromatic rings. The van der Waals surface area contributed by atoms with Crippen LogP contribution in [0.4, 0.5) is 0 Å². The van der Waals surface area contributed by atoms with Crippen molar-refractivity contribution in [3.8, 4) is 0 Å².